The zero-order valence-corrected chi connectivity index (χ0v) is 18.5. The summed E-state index contributed by atoms with van der Waals surface area (Å²) in [5.74, 6) is -0.390. The van der Waals surface area contributed by atoms with E-state index in [2.05, 4.69) is 51.7 Å². The second-order valence-corrected chi connectivity index (χ2v) is 8.39. The molecule has 5 rings (SSSR count). The minimum Gasteiger partial charge on any atom is -0.378 e. The summed E-state index contributed by atoms with van der Waals surface area (Å²) in [5, 5.41) is 20.6. The van der Waals surface area contributed by atoms with Crippen molar-refractivity contribution in [2.45, 2.75) is 0 Å². The van der Waals surface area contributed by atoms with Crippen molar-refractivity contribution in [3.8, 4) is 17.1 Å². The van der Waals surface area contributed by atoms with Gasteiger partial charge >= 0.3 is 0 Å². The molecule has 5 aromatic rings. The van der Waals surface area contributed by atoms with Crippen LogP contribution in [-0.4, -0.2) is 37.4 Å². The summed E-state index contributed by atoms with van der Waals surface area (Å²) in [4.78, 5) is 13.8. The first kappa shape index (κ1) is 20.0. The summed E-state index contributed by atoms with van der Waals surface area (Å²) in [6, 6.07) is 17.1. The lowest BCUT2D eigenvalue weighted by molar-refractivity contribution is 0.0950. The molecule has 0 unspecified atom stereocenters. The largest absolute Gasteiger partial charge is 0.378 e. The van der Waals surface area contributed by atoms with Crippen LogP contribution in [0.4, 0.5) is 5.82 Å². The van der Waals surface area contributed by atoms with Gasteiger partial charge in [-0.05, 0) is 32.3 Å². The van der Waals surface area contributed by atoms with Gasteiger partial charge in [0.1, 0.15) is 5.69 Å². The van der Waals surface area contributed by atoms with Crippen LogP contribution in [0.15, 0.2) is 68.8 Å². The second kappa shape index (κ2) is 8.32. The van der Waals surface area contributed by atoms with E-state index in [0.29, 0.717) is 11.3 Å². The summed E-state index contributed by atoms with van der Waals surface area (Å²) in [5.41, 5.74) is 9.43. The highest BCUT2D eigenvalue weighted by Crippen LogP contribution is 2.34. The quantitative estimate of drug-likeness (QED) is 0.273. The molecule has 3 aromatic heterocycles. The number of carbonyl (C=O) groups excluding carboxylic acids is 1. The summed E-state index contributed by atoms with van der Waals surface area (Å²) in [6.45, 7) is 0. The van der Waals surface area contributed by atoms with E-state index >= 15 is 0 Å². The maximum atomic E-state index is 12.9. The topological polar surface area (TPSA) is 137 Å². The normalized spacial score (nSPS) is 11.4. The Morgan fingerprint density at radius 2 is 1.94 bits per heavy atom. The van der Waals surface area contributed by atoms with Crippen LogP contribution >= 0.6 is 27.3 Å². The van der Waals surface area contributed by atoms with Gasteiger partial charge in [0.2, 0.25) is 11.6 Å². The van der Waals surface area contributed by atoms with Gasteiger partial charge in [-0.15, -0.1) is 16.4 Å². The van der Waals surface area contributed by atoms with Gasteiger partial charge in [-0.25, -0.2) is 10.1 Å². The Morgan fingerprint density at radius 1 is 1.16 bits per heavy atom. The standard InChI is InChI=1S/C20H13BrN8O2S/c21-15-12-8-4-5-9-13(12)32-14(15)10-23-25-20(30)16-17(11-6-2-1-3-7-11)29(28-24-16)19-18(22)26-31-27-19/h1-10H,(H2,22,26)(H,25,30)/b23-10+. The fraction of sp³-hybridized carbons (Fsp3) is 0. The number of carbonyl (C=O) groups is 1. The predicted octanol–water partition coefficient (Wildman–Crippen LogP) is 3.64. The third-order valence-electron chi connectivity index (χ3n) is 4.54. The van der Waals surface area contributed by atoms with E-state index in [9.17, 15) is 4.79 Å². The lowest BCUT2D eigenvalue weighted by Crippen LogP contribution is -2.19. The number of aromatic nitrogens is 5. The van der Waals surface area contributed by atoms with Gasteiger partial charge in [0.15, 0.2) is 5.69 Å². The van der Waals surface area contributed by atoms with Crippen LogP contribution in [0.2, 0.25) is 0 Å². The van der Waals surface area contributed by atoms with Crippen molar-refractivity contribution in [1.29, 1.82) is 0 Å². The van der Waals surface area contributed by atoms with Gasteiger partial charge in [-0.2, -0.15) is 9.78 Å². The van der Waals surface area contributed by atoms with E-state index in [1.807, 2.05) is 54.6 Å². The lowest BCUT2D eigenvalue weighted by atomic mass is 10.1. The molecule has 32 heavy (non-hydrogen) atoms. The van der Waals surface area contributed by atoms with Crippen LogP contribution in [0.1, 0.15) is 15.4 Å². The average molecular weight is 509 g/mol. The van der Waals surface area contributed by atoms with E-state index in [1.165, 1.54) is 4.68 Å². The number of hydrazone groups is 1. The van der Waals surface area contributed by atoms with Gasteiger partial charge in [0.25, 0.3) is 5.91 Å². The van der Waals surface area contributed by atoms with Gasteiger partial charge in [0, 0.05) is 20.1 Å². The summed E-state index contributed by atoms with van der Waals surface area (Å²) >= 11 is 5.14. The fourth-order valence-corrected chi connectivity index (χ4v) is 4.89. The number of fused-ring (bicyclic) bond motifs is 1. The zero-order chi connectivity index (χ0) is 22.1. The minimum absolute atomic E-state index is 0.0201. The van der Waals surface area contributed by atoms with Crippen molar-refractivity contribution in [2.24, 2.45) is 5.10 Å². The SMILES string of the molecule is Nc1nonc1-n1nnc(C(=O)N/N=C/c2sc3ccccc3c2Br)c1-c1ccccc1. The fourth-order valence-electron chi connectivity index (χ4n) is 3.09. The molecule has 0 spiro atoms. The number of hydrogen-bond donors (Lipinski definition) is 2. The number of rotatable bonds is 5. The maximum Gasteiger partial charge on any atom is 0.294 e. The van der Waals surface area contributed by atoms with Crippen molar-refractivity contribution in [1.82, 2.24) is 30.7 Å². The molecule has 0 saturated carbocycles. The molecular formula is C20H13BrN8O2S. The molecule has 0 atom stereocenters. The first-order valence-corrected chi connectivity index (χ1v) is 10.8. The highest BCUT2D eigenvalue weighted by molar-refractivity contribution is 9.10. The first-order chi connectivity index (χ1) is 15.6. The molecule has 10 nitrogen and oxygen atoms in total. The van der Waals surface area contributed by atoms with Crippen LogP contribution in [0.5, 0.6) is 0 Å². The van der Waals surface area contributed by atoms with Gasteiger partial charge < -0.3 is 5.73 Å². The number of thiophene rings is 1. The predicted molar refractivity (Wildman–Crippen MR) is 124 cm³/mol. The highest BCUT2D eigenvalue weighted by atomic mass is 79.9. The molecule has 0 bridgehead atoms. The number of nitrogen functional groups attached to an aromatic ring is 1. The zero-order valence-electron chi connectivity index (χ0n) is 16.1. The van der Waals surface area contributed by atoms with Crippen LogP contribution < -0.4 is 11.2 Å². The minimum atomic E-state index is -0.543. The molecule has 2 aromatic carbocycles. The Morgan fingerprint density at radius 3 is 2.69 bits per heavy atom. The number of nitrogens with one attached hydrogen (secondary N) is 1. The molecule has 0 fully saturated rings. The summed E-state index contributed by atoms with van der Waals surface area (Å²) in [7, 11) is 0. The number of nitrogens with two attached hydrogens (primary N) is 1. The Balaban J connectivity index is 1.47. The number of anilines is 1. The molecule has 3 heterocycles. The van der Waals surface area contributed by atoms with Crippen molar-refractivity contribution in [2.75, 3.05) is 5.73 Å². The van der Waals surface area contributed by atoms with E-state index in [0.717, 1.165) is 19.4 Å². The molecule has 0 radical (unpaired) electrons. The van der Waals surface area contributed by atoms with Crippen LogP contribution in [-0.2, 0) is 0 Å². The number of benzene rings is 2. The molecule has 0 aliphatic heterocycles. The molecule has 0 aliphatic rings. The Kier molecular flexibility index (Phi) is 5.21. The second-order valence-electron chi connectivity index (χ2n) is 6.51. The molecule has 0 saturated heterocycles. The van der Waals surface area contributed by atoms with Gasteiger partial charge in [0.05, 0.1) is 11.1 Å². The van der Waals surface area contributed by atoms with Gasteiger partial charge in [-0.3, -0.25) is 4.79 Å². The van der Waals surface area contributed by atoms with Gasteiger partial charge in [-0.1, -0.05) is 53.7 Å². The Labute approximate surface area is 192 Å². The maximum absolute atomic E-state index is 12.9. The lowest BCUT2D eigenvalue weighted by Gasteiger charge is -2.05. The van der Waals surface area contributed by atoms with Crippen LogP contribution in [0, 0.1) is 0 Å². The first-order valence-electron chi connectivity index (χ1n) is 9.23. The average Bonchev–Trinajstić information content (AvgIpc) is 3.52. The van der Waals surface area contributed by atoms with E-state index in [-0.39, 0.29) is 17.3 Å². The van der Waals surface area contributed by atoms with E-state index < -0.39 is 5.91 Å². The number of hydrogen-bond acceptors (Lipinski definition) is 9. The van der Waals surface area contributed by atoms with Crippen LogP contribution in [0.3, 0.4) is 0 Å². The van der Waals surface area contributed by atoms with E-state index in [4.69, 9.17) is 5.73 Å². The van der Waals surface area contributed by atoms with Crippen molar-refractivity contribution in [3.63, 3.8) is 0 Å². The smallest absolute Gasteiger partial charge is 0.294 e. The summed E-state index contributed by atoms with van der Waals surface area (Å²) in [6.07, 6.45) is 1.58. The molecule has 1 amide bonds. The van der Waals surface area contributed by atoms with Crippen molar-refractivity contribution >= 4 is 55.3 Å². The van der Waals surface area contributed by atoms with Crippen molar-refractivity contribution < 1.29 is 9.42 Å². The number of halogens is 1. The molecule has 3 N–H and O–H groups in total. The monoisotopic (exact) mass is 508 g/mol. The molecule has 0 aliphatic carbocycles. The molecule has 158 valence electrons. The molecular weight excluding hydrogens is 496 g/mol. The number of amides is 1. The highest BCUT2D eigenvalue weighted by Gasteiger charge is 2.25. The Bertz CT molecular complexity index is 1460. The third kappa shape index (κ3) is 3.55. The van der Waals surface area contributed by atoms with Crippen LogP contribution in [0.25, 0.3) is 27.2 Å². The van der Waals surface area contributed by atoms with Crippen molar-refractivity contribution in [3.05, 3.63) is 69.6 Å². The number of nitrogens with zero attached hydrogens (tertiary/aromatic N) is 6. The Hall–Kier alpha value is -3.90. The summed E-state index contributed by atoms with van der Waals surface area (Å²) < 4.78 is 8.01. The molecule has 12 heteroatoms. The third-order valence-corrected chi connectivity index (χ3v) is 6.76. The van der Waals surface area contributed by atoms with E-state index in [1.54, 1.807) is 17.6 Å².